The van der Waals surface area contributed by atoms with E-state index < -0.39 is 11.7 Å². The first kappa shape index (κ1) is 16.8. The fourth-order valence-electron chi connectivity index (χ4n) is 1.76. The first-order valence-corrected chi connectivity index (χ1v) is 6.99. The number of halogens is 4. The molecule has 0 amide bonds. The Morgan fingerprint density at radius 3 is 2.40 bits per heavy atom. The quantitative estimate of drug-likeness (QED) is 0.664. The maximum Gasteiger partial charge on any atom is 0.416 e. The van der Waals surface area contributed by atoms with E-state index in [0.29, 0.717) is 17.6 Å². The van der Waals surface area contributed by atoms with Crippen molar-refractivity contribution in [1.29, 1.82) is 0 Å². The Kier molecular flexibility index (Phi) is 5.86. The lowest BCUT2D eigenvalue weighted by Crippen LogP contribution is -2.37. The van der Waals surface area contributed by atoms with Gasteiger partial charge in [-0.2, -0.15) is 13.2 Å². The summed E-state index contributed by atoms with van der Waals surface area (Å²) in [6.07, 6.45) is -4.40. The molecule has 0 radical (unpaired) electrons. The zero-order valence-corrected chi connectivity index (χ0v) is 12.9. The van der Waals surface area contributed by atoms with Crippen molar-refractivity contribution < 1.29 is 13.2 Å². The minimum Gasteiger partial charge on any atom is -0.370 e. The molecule has 0 saturated heterocycles. The van der Waals surface area contributed by atoms with E-state index in [0.717, 1.165) is 6.07 Å². The fourth-order valence-corrected chi connectivity index (χ4v) is 2.13. The third kappa shape index (κ3) is 4.40. The standard InChI is InChI=1S/C13H17BrF3N3/c1-3-20(4-2)12(18)19-8-9-5-6-10(14)7-11(9)13(15,16)17/h5-7H,3-4,8H2,1-2H3,(H2,18,19). The molecule has 0 atom stereocenters. The topological polar surface area (TPSA) is 41.6 Å². The Hall–Kier alpha value is -1.24. The van der Waals surface area contributed by atoms with Gasteiger partial charge < -0.3 is 10.6 Å². The highest BCUT2D eigenvalue weighted by molar-refractivity contribution is 9.10. The molecule has 0 bridgehead atoms. The maximum absolute atomic E-state index is 12.9. The Morgan fingerprint density at radius 1 is 1.30 bits per heavy atom. The molecule has 0 aliphatic heterocycles. The zero-order valence-electron chi connectivity index (χ0n) is 11.3. The SMILES string of the molecule is CCN(CC)C(N)=NCc1ccc(Br)cc1C(F)(F)F. The molecular weight excluding hydrogens is 335 g/mol. The van der Waals surface area contributed by atoms with Crippen molar-refractivity contribution >= 4 is 21.9 Å². The van der Waals surface area contributed by atoms with Crippen LogP contribution in [-0.4, -0.2) is 23.9 Å². The molecule has 112 valence electrons. The molecular formula is C13H17BrF3N3. The van der Waals surface area contributed by atoms with Gasteiger partial charge in [0.05, 0.1) is 12.1 Å². The Morgan fingerprint density at radius 2 is 1.90 bits per heavy atom. The molecule has 2 N–H and O–H groups in total. The summed E-state index contributed by atoms with van der Waals surface area (Å²) in [5, 5.41) is 0. The minimum absolute atomic E-state index is 0.0928. The van der Waals surface area contributed by atoms with Crippen LogP contribution in [0.1, 0.15) is 25.0 Å². The number of rotatable bonds is 4. The second kappa shape index (κ2) is 6.97. The Bertz CT molecular complexity index is 482. The number of aliphatic imine (C=N–C) groups is 1. The lowest BCUT2D eigenvalue weighted by atomic mass is 10.1. The van der Waals surface area contributed by atoms with Crippen LogP contribution in [-0.2, 0) is 12.7 Å². The predicted molar refractivity (Wildman–Crippen MR) is 77.4 cm³/mol. The van der Waals surface area contributed by atoms with Crippen molar-refractivity contribution in [3.8, 4) is 0 Å². The zero-order chi connectivity index (χ0) is 15.3. The summed E-state index contributed by atoms with van der Waals surface area (Å²) in [6.45, 7) is 5.06. The summed E-state index contributed by atoms with van der Waals surface area (Å²) in [5.74, 6) is 0.256. The largest absolute Gasteiger partial charge is 0.416 e. The van der Waals surface area contributed by atoms with Gasteiger partial charge in [-0.05, 0) is 31.5 Å². The number of hydrogen-bond donors (Lipinski definition) is 1. The highest BCUT2D eigenvalue weighted by Crippen LogP contribution is 2.34. The van der Waals surface area contributed by atoms with Crippen LogP contribution >= 0.6 is 15.9 Å². The average Bonchev–Trinajstić information content (AvgIpc) is 2.37. The van der Waals surface area contributed by atoms with E-state index in [1.54, 1.807) is 11.0 Å². The van der Waals surface area contributed by atoms with Gasteiger partial charge in [-0.1, -0.05) is 22.0 Å². The number of alkyl halides is 3. The maximum atomic E-state index is 12.9. The van der Waals surface area contributed by atoms with E-state index in [1.165, 1.54) is 6.07 Å². The molecule has 0 heterocycles. The van der Waals surface area contributed by atoms with Gasteiger partial charge in [0.2, 0.25) is 0 Å². The molecule has 7 heteroatoms. The summed E-state index contributed by atoms with van der Waals surface area (Å²) < 4.78 is 39.2. The van der Waals surface area contributed by atoms with Crippen molar-refractivity contribution in [1.82, 2.24) is 4.90 Å². The smallest absolute Gasteiger partial charge is 0.370 e. The molecule has 1 aromatic rings. The van der Waals surface area contributed by atoms with E-state index in [-0.39, 0.29) is 18.1 Å². The molecule has 0 fully saturated rings. The first-order valence-electron chi connectivity index (χ1n) is 6.20. The van der Waals surface area contributed by atoms with E-state index in [2.05, 4.69) is 20.9 Å². The van der Waals surface area contributed by atoms with Gasteiger partial charge in [0, 0.05) is 17.6 Å². The van der Waals surface area contributed by atoms with E-state index in [4.69, 9.17) is 5.73 Å². The van der Waals surface area contributed by atoms with Crippen molar-refractivity contribution in [2.75, 3.05) is 13.1 Å². The number of guanidine groups is 1. The Labute approximate surface area is 124 Å². The molecule has 1 aromatic carbocycles. The van der Waals surface area contributed by atoms with Gasteiger partial charge >= 0.3 is 6.18 Å². The van der Waals surface area contributed by atoms with Crippen molar-refractivity contribution in [2.45, 2.75) is 26.6 Å². The number of nitrogens with zero attached hydrogens (tertiary/aromatic N) is 2. The van der Waals surface area contributed by atoms with Gasteiger partial charge in [0.15, 0.2) is 5.96 Å². The van der Waals surface area contributed by atoms with Crippen LogP contribution < -0.4 is 5.73 Å². The molecule has 3 nitrogen and oxygen atoms in total. The van der Waals surface area contributed by atoms with Gasteiger partial charge in [-0.25, -0.2) is 4.99 Å². The van der Waals surface area contributed by atoms with E-state index in [9.17, 15) is 13.2 Å². The molecule has 0 unspecified atom stereocenters. The van der Waals surface area contributed by atoms with Gasteiger partial charge in [-0.15, -0.1) is 0 Å². The second-order valence-corrected chi connectivity index (χ2v) is 5.06. The van der Waals surface area contributed by atoms with E-state index >= 15 is 0 Å². The summed E-state index contributed by atoms with van der Waals surface area (Å²) in [4.78, 5) is 5.83. The number of nitrogens with two attached hydrogens (primary N) is 1. The predicted octanol–water partition coefficient (Wildman–Crippen LogP) is 3.62. The summed E-state index contributed by atoms with van der Waals surface area (Å²) in [6, 6.07) is 4.03. The molecule has 0 aliphatic rings. The second-order valence-electron chi connectivity index (χ2n) is 4.15. The highest BCUT2D eigenvalue weighted by atomic mass is 79.9. The van der Waals surface area contributed by atoms with Gasteiger partial charge in [0.25, 0.3) is 0 Å². The van der Waals surface area contributed by atoms with Crippen molar-refractivity contribution in [3.05, 3.63) is 33.8 Å². The minimum atomic E-state index is -4.40. The molecule has 20 heavy (non-hydrogen) atoms. The van der Waals surface area contributed by atoms with Crippen LogP contribution in [0.15, 0.2) is 27.7 Å². The van der Waals surface area contributed by atoms with Crippen LogP contribution in [0.25, 0.3) is 0 Å². The monoisotopic (exact) mass is 351 g/mol. The van der Waals surface area contributed by atoms with Crippen molar-refractivity contribution in [2.24, 2.45) is 10.7 Å². The molecule has 0 aromatic heterocycles. The van der Waals surface area contributed by atoms with Crippen LogP contribution in [0.5, 0.6) is 0 Å². The van der Waals surface area contributed by atoms with Crippen LogP contribution in [0, 0.1) is 0 Å². The van der Waals surface area contributed by atoms with Crippen LogP contribution in [0.2, 0.25) is 0 Å². The Balaban J connectivity index is 3.01. The molecule has 0 aliphatic carbocycles. The highest BCUT2D eigenvalue weighted by Gasteiger charge is 2.33. The lowest BCUT2D eigenvalue weighted by molar-refractivity contribution is -0.138. The lowest BCUT2D eigenvalue weighted by Gasteiger charge is -2.19. The first-order chi connectivity index (χ1) is 9.29. The normalized spacial score (nSPS) is 12.6. The summed E-state index contributed by atoms with van der Waals surface area (Å²) in [5.41, 5.74) is 5.18. The average molecular weight is 352 g/mol. The third-order valence-corrected chi connectivity index (χ3v) is 3.37. The van der Waals surface area contributed by atoms with E-state index in [1.807, 2.05) is 13.8 Å². The summed E-state index contributed by atoms with van der Waals surface area (Å²) in [7, 11) is 0. The fraction of sp³-hybridized carbons (Fsp3) is 0.462. The van der Waals surface area contributed by atoms with Gasteiger partial charge in [-0.3, -0.25) is 0 Å². The van der Waals surface area contributed by atoms with Crippen LogP contribution in [0.4, 0.5) is 13.2 Å². The molecule has 0 spiro atoms. The molecule has 0 saturated carbocycles. The van der Waals surface area contributed by atoms with Gasteiger partial charge in [0.1, 0.15) is 0 Å². The third-order valence-electron chi connectivity index (χ3n) is 2.88. The summed E-state index contributed by atoms with van der Waals surface area (Å²) >= 11 is 3.05. The number of benzene rings is 1. The van der Waals surface area contributed by atoms with Crippen molar-refractivity contribution in [3.63, 3.8) is 0 Å². The molecule has 1 rings (SSSR count). The number of hydrogen-bond acceptors (Lipinski definition) is 1. The van der Waals surface area contributed by atoms with Crippen LogP contribution in [0.3, 0.4) is 0 Å².